The van der Waals surface area contributed by atoms with E-state index in [9.17, 15) is 4.79 Å². The molecule has 0 aliphatic rings. The maximum Gasteiger partial charge on any atom is 0.358 e. The Morgan fingerprint density at radius 3 is 2.68 bits per heavy atom. The van der Waals surface area contributed by atoms with E-state index in [1.54, 1.807) is 0 Å². The van der Waals surface area contributed by atoms with E-state index in [4.69, 9.17) is 9.84 Å². The molecule has 1 aromatic heterocycles. The molecule has 1 aromatic rings. The van der Waals surface area contributed by atoms with Crippen molar-refractivity contribution in [2.24, 2.45) is 0 Å². The fraction of sp³-hybridized carbons (Fsp3) is 0.615. The third kappa shape index (κ3) is 4.82. The summed E-state index contributed by atoms with van der Waals surface area (Å²) in [5.41, 5.74) is -0.0662. The van der Waals surface area contributed by atoms with E-state index in [1.165, 1.54) is 6.20 Å². The van der Waals surface area contributed by atoms with E-state index < -0.39 is 5.97 Å². The van der Waals surface area contributed by atoms with Gasteiger partial charge in [0.1, 0.15) is 5.82 Å². The smallest absolute Gasteiger partial charge is 0.358 e. The number of carboxylic acid groups (broad SMARTS) is 1. The van der Waals surface area contributed by atoms with Crippen LogP contribution in [0.3, 0.4) is 0 Å². The third-order valence-corrected chi connectivity index (χ3v) is 2.50. The lowest BCUT2D eigenvalue weighted by Gasteiger charge is -2.12. The maximum atomic E-state index is 11.2. The second kappa shape index (κ2) is 7.04. The molecule has 0 bridgehead atoms. The van der Waals surface area contributed by atoms with E-state index in [0.29, 0.717) is 12.4 Å². The Kier molecular flexibility index (Phi) is 5.69. The van der Waals surface area contributed by atoms with Gasteiger partial charge < -0.3 is 14.7 Å². The zero-order valence-corrected chi connectivity index (χ0v) is 11.9. The first kappa shape index (κ1) is 15.4. The second-order valence-corrected chi connectivity index (χ2v) is 4.91. The van der Waals surface area contributed by atoms with Crippen LogP contribution < -0.4 is 4.74 Å². The molecule has 0 spiro atoms. The van der Waals surface area contributed by atoms with Crippen molar-refractivity contribution in [3.8, 4) is 5.75 Å². The molecule has 0 atom stereocenters. The highest BCUT2D eigenvalue weighted by molar-refractivity contribution is 5.88. The molecule has 0 aliphatic carbocycles. The number of nitrogens with zero attached hydrogens (tertiary/aromatic N) is 3. The minimum absolute atomic E-state index is 0.0662. The molecule has 1 heterocycles. The van der Waals surface area contributed by atoms with Crippen LogP contribution >= 0.6 is 0 Å². The summed E-state index contributed by atoms with van der Waals surface area (Å²) < 4.78 is 5.45. The van der Waals surface area contributed by atoms with Gasteiger partial charge in [-0.25, -0.2) is 14.8 Å². The molecular formula is C13H21N3O3. The summed E-state index contributed by atoms with van der Waals surface area (Å²) >= 11 is 0. The predicted octanol–water partition coefficient (Wildman–Crippen LogP) is 1.63. The molecular weight excluding hydrogens is 246 g/mol. The molecule has 0 radical (unpaired) electrons. The van der Waals surface area contributed by atoms with Crippen LogP contribution in [0, 0.1) is 0 Å². The summed E-state index contributed by atoms with van der Waals surface area (Å²) in [6.45, 7) is 5.16. The van der Waals surface area contributed by atoms with Gasteiger partial charge in [-0.3, -0.25) is 0 Å². The number of ether oxygens (including phenoxy) is 1. The standard InChI is InChI=1S/C13H21N3O3/c1-9(2)12-14-8-10(11(15-12)13(17)18)19-7-5-6-16(3)4/h8-9H,5-7H2,1-4H3,(H,17,18). The zero-order chi connectivity index (χ0) is 14.4. The maximum absolute atomic E-state index is 11.2. The number of carboxylic acids is 1. The van der Waals surface area contributed by atoms with E-state index >= 15 is 0 Å². The van der Waals surface area contributed by atoms with Gasteiger partial charge in [0.05, 0.1) is 12.8 Å². The number of aromatic nitrogens is 2. The molecule has 1 rings (SSSR count). The largest absolute Gasteiger partial charge is 0.489 e. The third-order valence-electron chi connectivity index (χ3n) is 2.50. The van der Waals surface area contributed by atoms with Crippen LogP contribution in [0.2, 0.25) is 0 Å². The minimum Gasteiger partial charge on any atom is -0.489 e. The van der Waals surface area contributed by atoms with Gasteiger partial charge in [0.15, 0.2) is 11.4 Å². The molecule has 0 saturated carbocycles. The van der Waals surface area contributed by atoms with Gasteiger partial charge in [-0.1, -0.05) is 13.8 Å². The average Bonchev–Trinajstić information content (AvgIpc) is 2.34. The first-order chi connectivity index (χ1) is 8.91. The summed E-state index contributed by atoms with van der Waals surface area (Å²) in [6.07, 6.45) is 2.26. The number of hydrogen-bond donors (Lipinski definition) is 1. The summed E-state index contributed by atoms with van der Waals surface area (Å²) in [6, 6.07) is 0. The van der Waals surface area contributed by atoms with Gasteiger partial charge in [-0.2, -0.15) is 0 Å². The Morgan fingerprint density at radius 2 is 2.16 bits per heavy atom. The molecule has 1 N–H and O–H groups in total. The molecule has 6 nitrogen and oxygen atoms in total. The highest BCUT2D eigenvalue weighted by Crippen LogP contribution is 2.18. The van der Waals surface area contributed by atoms with Crippen LogP contribution in [0.5, 0.6) is 5.75 Å². The lowest BCUT2D eigenvalue weighted by atomic mass is 10.2. The average molecular weight is 267 g/mol. The van der Waals surface area contributed by atoms with E-state index in [2.05, 4.69) is 9.97 Å². The quantitative estimate of drug-likeness (QED) is 0.757. The molecule has 0 aromatic carbocycles. The van der Waals surface area contributed by atoms with E-state index in [1.807, 2.05) is 32.8 Å². The van der Waals surface area contributed by atoms with E-state index in [-0.39, 0.29) is 17.4 Å². The lowest BCUT2D eigenvalue weighted by Crippen LogP contribution is -2.16. The van der Waals surface area contributed by atoms with Gasteiger partial charge in [0.25, 0.3) is 0 Å². The number of hydrogen-bond acceptors (Lipinski definition) is 5. The van der Waals surface area contributed by atoms with Gasteiger partial charge in [-0.15, -0.1) is 0 Å². The van der Waals surface area contributed by atoms with Crippen LogP contribution in [0.15, 0.2) is 6.20 Å². The predicted molar refractivity (Wildman–Crippen MR) is 71.7 cm³/mol. The summed E-state index contributed by atoms with van der Waals surface area (Å²) in [5, 5.41) is 9.14. The number of carbonyl (C=O) groups is 1. The summed E-state index contributed by atoms with van der Waals surface area (Å²) in [7, 11) is 3.95. The molecule has 106 valence electrons. The Balaban J connectivity index is 2.74. The number of aromatic carboxylic acids is 1. The van der Waals surface area contributed by atoms with Crippen molar-refractivity contribution in [1.82, 2.24) is 14.9 Å². The highest BCUT2D eigenvalue weighted by Gasteiger charge is 2.16. The van der Waals surface area contributed by atoms with Crippen LogP contribution in [0.4, 0.5) is 0 Å². The first-order valence-electron chi connectivity index (χ1n) is 6.29. The molecule has 0 aliphatic heterocycles. The molecule has 0 unspecified atom stereocenters. The van der Waals surface area contributed by atoms with Gasteiger partial charge in [-0.05, 0) is 20.5 Å². The van der Waals surface area contributed by atoms with Gasteiger partial charge in [0.2, 0.25) is 0 Å². The fourth-order valence-electron chi connectivity index (χ4n) is 1.48. The van der Waals surface area contributed by atoms with Crippen LogP contribution in [0.25, 0.3) is 0 Å². The molecule has 0 fully saturated rings. The van der Waals surface area contributed by atoms with Gasteiger partial charge >= 0.3 is 5.97 Å². The lowest BCUT2D eigenvalue weighted by molar-refractivity contribution is 0.0684. The first-order valence-corrected chi connectivity index (χ1v) is 6.29. The van der Waals surface area contributed by atoms with Crippen molar-refractivity contribution in [2.45, 2.75) is 26.2 Å². The topological polar surface area (TPSA) is 75.5 Å². The van der Waals surface area contributed by atoms with Crippen LogP contribution in [-0.2, 0) is 0 Å². The van der Waals surface area contributed by atoms with Gasteiger partial charge in [0, 0.05) is 12.5 Å². The Bertz CT molecular complexity index is 433. The van der Waals surface area contributed by atoms with Crippen LogP contribution in [0.1, 0.15) is 42.5 Å². The Morgan fingerprint density at radius 1 is 1.47 bits per heavy atom. The SMILES string of the molecule is CC(C)c1ncc(OCCCN(C)C)c(C(=O)O)n1. The van der Waals surface area contributed by atoms with Crippen molar-refractivity contribution < 1.29 is 14.6 Å². The second-order valence-electron chi connectivity index (χ2n) is 4.91. The monoisotopic (exact) mass is 267 g/mol. The van der Waals surface area contributed by atoms with Crippen LogP contribution in [-0.4, -0.2) is 53.2 Å². The Labute approximate surface area is 113 Å². The fourth-order valence-corrected chi connectivity index (χ4v) is 1.48. The van der Waals surface area contributed by atoms with Crippen molar-refractivity contribution in [1.29, 1.82) is 0 Å². The minimum atomic E-state index is -1.09. The van der Waals surface area contributed by atoms with Crippen molar-refractivity contribution in [3.63, 3.8) is 0 Å². The molecule has 6 heteroatoms. The van der Waals surface area contributed by atoms with Crippen molar-refractivity contribution >= 4 is 5.97 Å². The number of rotatable bonds is 7. The molecule has 19 heavy (non-hydrogen) atoms. The summed E-state index contributed by atoms with van der Waals surface area (Å²) in [4.78, 5) is 21.4. The zero-order valence-electron chi connectivity index (χ0n) is 11.9. The summed E-state index contributed by atoms with van der Waals surface area (Å²) in [5.74, 6) is -0.263. The van der Waals surface area contributed by atoms with Crippen molar-refractivity contribution in [2.75, 3.05) is 27.2 Å². The highest BCUT2D eigenvalue weighted by atomic mass is 16.5. The van der Waals surface area contributed by atoms with Crippen molar-refractivity contribution in [3.05, 3.63) is 17.7 Å². The molecule has 0 amide bonds. The molecule has 0 saturated heterocycles. The Hall–Kier alpha value is -1.69. The van der Waals surface area contributed by atoms with E-state index in [0.717, 1.165) is 13.0 Å². The normalized spacial score (nSPS) is 11.1.